The van der Waals surface area contributed by atoms with Gasteiger partial charge < -0.3 is 0 Å². The van der Waals surface area contributed by atoms with Crippen molar-refractivity contribution < 1.29 is 4.39 Å². The second-order valence-corrected chi connectivity index (χ2v) is 7.94. The van der Waals surface area contributed by atoms with Crippen LogP contribution in [0.3, 0.4) is 0 Å². The molecule has 0 aromatic heterocycles. The monoisotopic (exact) mass is 306 g/mol. The second-order valence-electron chi connectivity index (χ2n) is 7.94. The summed E-state index contributed by atoms with van der Waals surface area (Å²) in [4.78, 5) is 0. The largest absolute Gasteiger partial charge is 0.248 e. The first-order valence-electron chi connectivity index (χ1n) is 8.93. The zero-order valence-electron chi connectivity index (χ0n) is 17.5. The molecule has 0 amide bonds. The Morgan fingerprint density at radius 2 is 0.714 bits per heavy atom. The normalized spacial score (nSPS) is 11.6. The Morgan fingerprint density at radius 1 is 0.571 bits per heavy atom. The molecule has 0 aromatic rings. The third-order valence-electron chi connectivity index (χ3n) is 3.07. The molecule has 0 saturated heterocycles. The third kappa shape index (κ3) is 65.0. The van der Waals surface area contributed by atoms with E-state index in [0.29, 0.717) is 0 Å². The molecule has 21 heavy (non-hydrogen) atoms. The zero-order valence-corrected chi connectivity index (χ0v) is 17.5. The van der Waals surface area contributed by atoms with E-state index in [1.165, 1.54) is 6.42 Å². The van der Waals surface area contributed by atoms with Crippen molar-refractivity contribution in [3.05, 3.63) is 0 Å². The van der Waals surface area contributed by atoms with Crippen LogP contribution in [0.2, 0.25) is 0 Å². The quantitative estimate of drug-likeness (QED) is 0.495. The molecule has 1 unspecified atom stereocenters. The van der Waals surface area contributed by atoms with Crippen LogP contribution in [0, 0.1) is 29.6 Å². The van der Waals surface area contributed by atoms with Gasteiger partial charge in [-0.15, -0.1) is 0 Å². The van der Waals surface area contributed by atoms with Crippen LogP contribution in [-0.2, 0) is 0 Å². The van der Waals surface area contributed by atoms with Gasteiger partial charge in [-0.2, -0.15) is 0 Å². The molecule has 0 aliphatic rings. The van der Waals surface area contributed by atoms with Crippen LogP contribution in [0.4, 0.5) is 4.39 Å². The summed E-state index contributed by atoms with van der Waals surface area (Å²) in [5, 5.41) is 0. The smallest absolute Gasteiger partial charge is 0.0996 e. The molecule has 0 radical (unpaired) electrons. The highest BCUT2D eigenvalue weighted by Gasteiger charge is 2.00. The number of alkyl halides is 1. The van der Waals surface area contributed by atoms with Crippen LogP contribution < -0.4 is 0 Å². The lowest BCUT2D eigenvalue weighted by molar-refractivity contribution is 0.280. The summed E-state index contributed by atoms with van der Waals surface area (Å²) >= 11 is 0. The topological polar surface area (TPSA) is 0 Å². The van der Waals surface area contributed by atoms with Crippen molar-refractivity contribution in [2.24, 2.45) is 29.6 Å². The van der Waals surface area contributed by atoms with Gasteiger partial charge in [-0.3, -0.25) is 0 Å². The van der Waals surface area contributed by atoms with E-state index in [2.05, 4.69) is 69.2 Å². The maximum absolute atomic E-state index is 11.8. The van der Waals surface area contributed by atoms with Crippen molar-refractivity contribution in [3.63, 3.8) is 0 Å². The van der Waals surface area contributed by atoms with Crippen LogP contribution in [0.5, 0.6) is 0 Å². The average Bonchev–Trinajstić information content (AvgIpc) is 2.29. The highest BCUT2D eigenvalue weighted by molar-refractivity contribution is 4.49. The van der Waals surface area contributed by atoms with E-state index >= 15 is 0 Å². The fourth-order valence-corrected chi connectivity index (χ4v) is 0. The number of halogens is 1. The molecule has 0 saturated carbocycles. The van der Waals surface area contributed by atoms with Crippen LogP contribution in [0.25, 0.3) is 0 Å². The van der Waals surface area contributed by atoms with Gasteiger partial charge in [0, 0.05) is 0 Å². The van der Waals surface area contributed by atoms with Crippen molar-refractivity contribution in [2.75, 3.05) is 0 Å². The fraction of sp³-hybridized carbons (Fsp3) is 1.00. The number of hydrogen-bond donors (Lipinski definition) is 0. The minimum atomic E-state index is -0.648. The molecular weight excluding hydrogens is 259 g/mol. The minimum absolute atomic E-state index is 0.185. The van der Waals surface area contributed by atoms with Gasteiger partial charge in [0.2, 0.25) is 0 Å². The van der Waals surface area contributed by atoms with Crippen LogP contribution in [0.1, 0.15) is 96.4 Å². The van der Waals surface area contributed by atoms with E-state index in [9.17, 15) is 4.39 Å². The molecule has 0 aliphatic heterocycles. The summed E-state index contributed by atoms with van der Waals surface area (Å²) in [5.74, 6) is 3.61. The minimum Gasteiger partial charge on any atom is -0.248 e. The second kappa shape index (κ2) is 19.9. The molecule has 0 rings (SSSR count). The molecule has 0 heterocycles. The maximum atomic E-state index is 11.8. The molecule has 0 aromatic carbocycles. The molecule has 0 bridgehead atoms. The fourth-order valence-electron chi connectivity index (χ4n) is 0. The molecule has 134 valence electrons. The van der Waals surface area contributed by atoms with Crippen molar-refractivity contribution in [2.45, 2.75) is 103 Å². The Hall–Kier alpha value is -0.0700. The summed E-state index contributed by atoms with van der Waals surface area (Å²) in [5.41, 5.74) is 0. The standard InChI is InChI=1S/C6H14.C5H11F.C5H12.C4H10/c1-5(2)6(3)4;1-4(2)5(3)6;1-4-5(2)3;1-4(2)3/h5-6H,1-4H3;4-5H,1-3H3;5H,4H2,1-3H3;4H,1-3H3. The summed E-state index contributed by atoms with van der Waals surface area (Å²) in [6, 6.07) is 0. The van der Waals surface area contributed by atoms with Gasteiger partial charge in [0.1, 0.15) is 0 Å². The van der Waals surface area contributed by atoms with E-state index in [0.717, 1.165) is 23.7 Å². The van der Waals surface area contributed by atoms with Crippen molar-refractivity contribution in [3.8, 4) is 0 Å². The van der Waals surface area contributed by atoms with Gasteiger partial charge in [0.25, 0.3) is 0 Å². The molecule has 0 aliphatic carbocycles. The third-order valence-corrected chi connectivity index (χ3v) is 3.07. The Bertz CT molecular complexity index is 128. The van der Waals surface area contributed by atoms with Gasteiger partial charge in [0.15, 0.2) is 0 Å². The first-order valence-corrected chi connectivity index (χ1v) is 8.93. The van der Waals surface area contributed by atoms with E-state index < -0.39 is 6.17 Å². The summed E-state index contributed by atoms with van der Waals surface area (Å²) in [6.07, 6.45) is 0.657. The van der Waals surface area contributed by atoms with E-state index in [1.807, 2.05) is 13.8 Å². The first-order chi connectivity index (χ1) is 9.29. The summed E-state index contributed by atoms with van der Waals surface area (Å²) in [6.45, 7) is 27.4. The Morgan fingerprint density at radius 3 is 0.714 bits per heavy atom. The highest BCUT2D eigenvalue weighted by Crippen LogP contribution is 2.05. The maximum Gasteiger partial charge on any atom is 0.0996 e. The molecule has 1 heteroatoms. The van der Waals surface area contributed by atoms with Gasteiger partial charge in [-0.1, -0.05) is 89.5 Å². The SMILES string of the molecule is CC(C)C.CC(C)C(C)C.CC(C)C(C)F.CCC(C)C. The van der Waals surface area contributed by atoms with Crippen LogP contribution in [-0.4, -0.2) is 6.17 Å². The van der Waals surface area contributed by atoms with E-state index in [-0.39, 0.29) is 5.92 Å². The lowest BCUT2D eigenvalue weighted by atomic mass is 10.0. The molecule has 1 atom stereocenters. The Labute approximate surface area is 137 Å². The van der Waals surface area contributed by atoms with Gasteiger partial charge in [0.05, 0.1) is 6.17 Å². The number of hydrogen-bond acceptors (Lipinski definition) is 0. The first kappa shape index (κ1) is 29.0. The van der Waals surface area contributed by atoms with Crippen molar-refractivity contribution in [1.29, 1.82) is 0 Å². The molecule has 0 N–H and O–H groups in total. The molecule has 0 spiro atoms. The van der Waals surface area contributed by atoms with Crippen LogP contribution >= 0.6 is 0 Å². The molecular formula is C20H47F. The lowest BCUT2D eigenvalue weighted by Gasteiger charge is -2.05. The summed E-state index contributed by atoms with van der Waals surface area (Å²) in [7, 11) is 0. The van der Waals surface area contributed by atoms with Crippen LogP contribution in [0.15, 0.2) is 0 Å². The Kier molecular flexibility index (Phi) is 27.5. The molecule has 0 nitrogen and oxygen atoms in total. The predicted octanol–water partition coefficient (Wildman–Crippen LogP) is 8.01. The van der Waals surface area contributed by atoms with E-state index in [1.54, 1.807) is 6.92 Å². The van der Waals surface area contributed by atoms with Crippen molar-refractivity contribution in [1.82, 2.24) is 0 Å². The van der Waals surface area contributed by atoms with E-state index in [4.69, 9.17) is 0 Å². The van der Waals surface area contributed by atoms with Gasteiger partial charge in [-0.05, 0) is 36.5 Å². The lowest BCUT2D eigenvalue weighted by Crippen LogP contribution is -2.01. The molecule has 0 fully saturated rings. The summed E-state index contributed by atoms with van der Waals surface area (Å²) < 4.78 is 11.8. The Balaban J connectivity index is -0.0000000929. The zero-order chi connectivity index (χ0) is 18.2. The highest BCUT2D eigenvalue weighted by atomic mass is 19.1. The van der Waals surface area contributed by atoms with Crippen molar-refractivity contribution >= 4 is 0 Å². The predicted molar refractivity (Wildman–Crippen MR) is 101 cm³/mol. The average molecular weight is 307 g/mol. The van der Waals surface area contributed by atoms with Gasteiger partial charge >= 0.3 is 0 Å². The van der Waals surface area contributed by atoms with Gasteiger partial charge in [-0.25, -0.2) is 4.39 Å². The number of rotatable bonds is 3.